The van der Waals surface area contributed by atoms with Gasteiger partial charge in [-0.05, 0) is 63.7 Å². The van der Waals surface area contributed by atoms with E-state index in [9.17, 15) is 145 Å². The number of rotatable bonds is 18. The third-order valence-electron chi connectivity index (χ3n) is 6.15. The molecule has 1 aromatic heterocycles. The Kier molecular flexibility index (Phi) is 15.7. The highest BCUT2D eigenvalue weighted by molar-refractivity contribution is 9.10. The zero-order chi connectivity index (χ0) is 52.2. The molecule has 64 heavy (non-hydrogen) atoms. The maximum atomic E-state index is 14.7. The van der Waals surface area contributed by atoms with Crippen LogP contribution in [0.2, 0.25) is 0 Å². The van der Waals surface area contributed by atoms with Gasteiger partial charge in [0.15, 0.2) is 0 Å². The number of ether oxygens (including phenoxy) is 4. The summed E-state index contributed by atoms with van der Waals surface area (Å²) in [6.07, 6.45) is -57.2. The second-order valence-electron chi connectivity index (χ2n) is 10.8. The van der Waals surface area contributed by atoms with Gasteiger partial charge in [0.2, 0.25) is 17.5 Å². The number of hydrogen-bond donors (Lipinski definition) is 0. The Labute approximate surface area is 357 Å². The van der Waals surface area contributed by atoms with E-state index in [4.69, 9.17) is 0 Å². The van der Waals surface area contributed by atoms with Crippen molar-refractivity contribution in [3.05, 3.63) is 17.5 Å². The van der Waals surface area contributed by atoms with Gasteiger partial charge >= 0.3 is 97.6 Å². The van der Waals surface area contributed by atoms with Gasteiger partial charge in [-0.3, -0.25) is 9.47 Å². The van der Waals surface area contributed by atoms with Gasteiger partial charge in [0.1, 0.15) is 0 Å². The van der Waals surface area contributed by atoms with Crippen LogP contribution in [0.15, 0.2) is 0 Å². The molecule has 0 amide bonds. The van der Waals surface area contributed by atoms with Crippen molar-refractivity contribution >= 4 is 63.7 Å². The average Bonchev–Trinajstić information content (AvgIpc) is 3.00. The van der Waals surface area contributed by atoms with Crippen molar-refractivity contribution in [3.63, 3.8) is 0 Å². The van der Waals surface area contributed by atoms with Crippen molar-refractivity contribution in [2.75, 3.05) is 0 Å². The van der Waals surface area contributed by atoms with E-state index in [2.05, 4.69) is 0 Å². The molecule has 4 unspecified atom stereocenters. The summed E-state index contributed by atoms with van der Waals surface area (Å²) in [6.45, 7) is 0. The summed E-state index contributed by atoms with van der Waals surface area (Å²) in [5.41, 5.74) is 0. The first-order valence-electron chi connectivity index (χ1n) is 13.2. The predicted octanol–water partition coefficient (Wildman–Crippen LogP) is 13.3. The summed E-state index contributed by atoms with van der Waals surface area (Å²) in [4.78, 5) is -9.78. The number of halogens is 37. The summed E-state index contributed by atoms with van der Waals surface area (Å²) in [7, 11) is 0. The lowest BCUT2D eigenvalue weighted by Gasteiger charge is -2.41. The summed E-state index contributed by atoms with van der Waals surface area (Å²) >= 11 is 1.70. The lowest BCUT2D eigenvalue weighted by atomic mass is 10.2. The van der Waals surface area contributed by atoms with Crippen molar-refractivity contribution in [2.45, 2.75) is 97.6 Å². The molecule has 0 saturated carbocycles. The maximum Gasteiger partial charge on any atom is 0.458 e. The zero-order valence-corrected chi connectivity index (χ0v) is 33.3. The monoisotopic (exact) mass is 1290 g/mol. The average molecular weight is 1290 g/mol. The predicted molar refractivity (Wildman–Crippen MR) is 140 cm³/mol. The van der Waals surface area contributed by atoms with Crippen molar-refractivity contribution in [3.8, 4) is 0 Å². The molecule has 0 bridgehead atoms. The van der Waals surface area contributed by atoms with Crippen molar-refractivity contribution in [1.82, 2.24) is 15.0 Å². The molecule has 0 aliphatic rings. The molecule has 0 saturated heterocycles. The number of alkyl halides is 37. The van der Waals surface area contributed by atoms with Crippen LogP contribution in [0, 0.1) is 0 Å². The van der Waals surface area contributed by atoms with Gasteiger partial charge in [0.25, 0.3) is 0 Å². The van der Waals surface area contributed by atoms with Crippen molar-refractivity contribution in [2.24, 2.45) is 0 Å². The van der Waals surface area contributed by atoms with E-state index >= 15 is 0 Å². The van der Waals surface area contributed by atoms with Gasteiger partial charge in [-0.1, -0.05) is 0 Å². The van der Waals surface area contributed by atoms with E-state index in [1.54, 1.807) is 0 Å². The Morgan fingerprint density at radius 3 is 0.703 bits per heavy atom. The first-order chi connectivity index (χ1) is 27.1. The molecule has 0 spiro atoms. The summed E-state index contributed by atoms with van der Waals surface area (Å²) in [6, 6.07) is 0. The van der Waals surface area contributed by atoms with Crippen LogP contribution in [0.1, 0.15) is 17.5 Å². The summed E-state index contributed by atoms with van der Waals surface area (Å²) < 4.78 is 450. The van der Waals surface area contributed by atoms with Crippen LogP contribution < -0.4 is 0 Å². The van der Waals surface area contributed by atoms with Crippen LogP contribution in [0.3, 0.4) is 0 Å². The Hall–Kier alpha value is -1.54. The molecule has 1 rings (SSSR count). The molecule has 0 fully saturated rings. The number of nitrogens with zero attached hydrogens (tertiary/aromatic N) is 3. The fourth-order valence-electron chi connectivity index (χ4n) is 3.00. The van der Waals surface area contributed by atoms with E-state index in [0.717, 1.165) is 15.0 Å². The van der Waals surface area contributed by atoms with Gasteiger partial charge in [-0.15, -0.1) is 0 Å². The normalized spacial score (nSPS) is 19.5. The number of hydrogen-bond acceptors (Lipinski definition) is 7. The molecular weight excluding hydrogens is 1290 g/mol. The largest absolute Gasteiger partial charge is 0.458 e. The third kappa shape index (κ3) is 10.5. The van der Waals surface area contributed by atoms with Crippen molar-refractivity contribution < 1.29 is 164 Å². The quantitative estimate of drug-likeness (QED) is 0.107. The lowest BCUT2D eigenvalue weighted by Crippen LogP contribution is -2.66. The molecule has 0 radical (unpaired) electrons. The fourth-order valence-corrected chi connectivity index (χ4v) is 4.99. The molecular formula is C20Br4F33N3O4. The van der Waals surface area contributed by atoms with Crippen LogP contribution in [0.25, 0.3) is 0 Å². The molecule has 1 aromatic rings. The van der Waals surface area contributed by atoms with E-state index < -0.39 is 115 Å². The molecule has 378 valence electrons. The summed E-state index contributed by atoms with van der Waals surface area (Å²) in [5, 5.41) is 0. The Bertz CT molecular complexity index is 1720. The molecule has 1 heterocycles. The second-order valence-corrected chi connectivity index (χ2v) is 14.8. The van der Waals surface area contributed by atoms with Gasteiger partial charge in [0, 0.05) is 0 Å². The SMILES string of the molecule is FC(F)(F)c1nc(C(F)(F)C(F)(F)OC(F)(F)C(F)(OC(F)(Br)C(F)(F)C(F)(F)Br)C(F)(F)F)nc(C(F)(F)C(F)(F)OC(F)(F)C(F)(OC(F)(Br)C(F)(F)C(F)(F)Br)C(F)(F)F)n1. The Morgan fingerprint density at radius 2 is 0.516 bits per heavy atom. The minimum atomic E-state index is -8.47. The van der Waals surface area contributed by atoms with Crippen LogP contribution in [-0.4, -0.2) is 94.5 Å². The Morgan fingerprint density at radius 1 is 0.297 bits per heavy atom. The highest BCUT2D eigenvalue weighted by Gasteiger charge is 2.86. The molecule has 0 aromatic carbocycles. The van der Waals surface area contributed by atoms with Gasteiger partial charge in [-0.25, -0.2) is 24.4 Å². The van der Waals surface area contributed by atoms with Crippen LogP contribution in [-0.2, 0) is 37.0 Å². The van der Waals surface area contributed by atoms with E-state index in [1.165, 1.54) is 9.47 Å². The lowest BCUT2D eigenvalue weighted by molar-refractivity contribution is -0.533. The Balaban J connectivity index is 4.12. The smallest absolute Gasteiger partial charge is 0.280 e. The second kappa shape index (κ2) is 16.6. The zero-order valence-electron chi connectivity index (χ0n) is 27.0. The van der Waals surface area contributed by atoms with Crippen LogP contribution >= 0.6 is 63.7 Å². The first-order valence-corrected chi connectivity index (χ1v) is 16.4. The molecule has 44 heteroatoms. The van der Waals surface area contributed by atoms with Gasteiger partial charge in [0.05, 0.1) is 0 Å². The standard InChI is InChI=1S/C20Br4F33N3O4/c21-11(38,39)7(32,33)13(23,42)61-9(36,15(44,45)46)19(54,55)63-17(50,51)4(25,26)1-58-2(60-3(59-1)6(29,30)31)5(27,28)18(52,53)64-20(56,57)10(37,16(47,48)49)62-14(24,43)8(34,35)12(22,40)41. The molecule has 7 nitrogen and oxygen atoms in total. The van der Waals surface area contributed by atoms with Gasteiger partial charge < -0.3 is 0 Å². The van der Waals surface area contributed by atoms with Crippen LogP contribution in [0.5, 0.6) is 0 Å². The minimum Gasteiger partial charge on any atom is -0.280 e. The van der Waals surface area contributed by atoms with E-state index in [0.29, 0.717) is 63.7 Å². The first kappa shape index (κ1) is 60.5. The van der Waals surface area contributed by atoms with E-state index in [-0.39, 0.29) is 0 Å². The minimum absolute atomic E-state index is 0.353. The highest BCUT2D eigenvalue weighted by atomic mass is 79.9. The molecule has 0 aliphatic carbocycles. The van der Waals surface area contributed by atoms with Gasteiger partial charge in [-0.2, -0.15) is 145 Å². The highest BCUT2D eigenvalue weighted by Crippen LogP contribution is 2.61. The third-order valence-corrected chi connectivity index (χ3v) is 8.47. The number of aromatic nitrogens is 3. The van der Waals surface area contributed by atoms with Crippen LogP contribution in [0.4, 0.5) is 145 Å². The topological polar surface area (TPSA) is 75.6 Å². The molecule has 0 aliphatic heterocycles. The maximum absolute atomic E-state index is 14.7. The molecule has 0 N–H and O–H groups in total. The molecule has 4 atom stereocenters. The van der Waals surface area contributed by atoms with E-state index in [1.807, 2.05) is 9.47 Å². The van der Waals surface area contributed by atoms with Crippen molar-refractivity contribution in [1.29, 1.82) is 0 Å². The fraction of sp³-hybridized carbons (Fsp3) is 0.850. The summed E-state index contributed by atoms with van der Waals surface area (Å²) in [5.74, 6) is -60.5.